The molecule has 80 valence electrons. The minimum Gasteiger partial charge on any atom is -0.478 e. The summed E-state index contributed by atoms with van der Waals surface area (Å²) in [4.78, 5) is 10.4. The van der Waals surface area contributed by atoms with Gasteiger partial charge < -0.3 is 15.2 Å². The predicted octanol–water partition coefficient (Wildman–Crippen LogP) is 0.786. The summed E-state index contributed by atoms with van der Waals surface area (Å²) in [6.07, 6.45) is 4.23. The first kappa shape index (κ1) is 11.2. The molecule has 1 heterocycles. The number of rotatable bonds is 5. The molecule has 1 atom stereocenters. The van der Waals surface area contributed by atoms with Gasteiger partial charge in [0.15, 0.2) is 0 Å². The summed E-state index contributed by atoms with van der Waals surface area (Å²) in [5.74, 6) is -0.857. The highest BCUT2D eigenvalue weighted by Gasteiger charge is 2.13. The van der Waals surface area contributed by atoms with Crippen molar-refractivity contribution < 1.29 is 14.6 Å². The van der Waals surface area contributed by atoms with Crippen molar-refractivity contribution in [3.63, 3.8) is 0 Å². The first-order valence-electron chi connectivity index (χ1n) is 4.92. The van der Waals surface area contributed by atoms with E-state index < -0.39 is 5.97 Å². The Morgan fingerprint density at radius 1 is 1.71 bits per heavy atom. The quantitative estimate of drug-likeness (QED) is 0.507. The Labute approximate surface area is 83.9 Å². The third kappa shape index (κ3) is 3.89. The van der Waals surface area contributed by atoms with Crippen LogP contribution in [0.15, 0.2) is 11.6 Å². The summed E-state index contributed by atoms with van der Waals surface area (Å²) in [6, 6.07) is 0. The van der Waals surface area contributed by atoms with E-state index in [4.69, 9.17) is 9.84 Å². The average molecular weight is 199 g/mol. The minimum absolute atomic E-state index is 0.313. The van der Waals surface area contributed by atoms with Crippen LogP contribution in [0, 0.1) is 0 Å². The zero-order chi connectivity index (χ0) is 10.4. The van der Waals surface area contributed by atoms with Crippen LogP contribution in [0.1, 0.15) is 19.8 Å². The van der Waals surface area contributed by atoms with Gasteiger partial charge in [-0.2, -0.15) is 0 Å². The number of carboxylic acids is 1. The van der Waals surface area contributed by atoms with Crippen molar-refractivity contribution in [2.45, 2.75) is 25.9 Å². The molecule has 0 spiro atoms. The molecular weight excluding hydrogens is 182 g/mol. The molecule has 1 unspecified atom stereocenters. The summed E-state index contributed by atoms with van der Waals surface area (Å²) in [7, 11) is 0. The van der Waals surface area contributed by atoms with Crippen LogP contribution in [0.2, 0.25) is 0 Å². The number of ether oxygens (including phenoxy) is 1. The zero-order valence-electron chi connectivity index (χ0n) is 8.45. The van der Waals surface area contributed by atoms with Gasteiger partial charge in [-0.05, 0) is 19.8 Å². The van der Waals surface area contributed by atoms with Gasteiger partial charge in [0.2, 0.25) is 0 Å². The van der Waals surface area contributed by atoms with Crippen LogP contribution in [0.25, 0.3) is 0 Å². The molecule has 0 aromatic heterocycles. The van der Waals surface area contributed by atoms with Crippen molar-refractivity contribution in [1.29, 1.82) is 0 Å². The molecule has 1 rings (SSSR count). The fourth-order valence-electron chi connectivity index (χ4n) is 1.36. The Kier molecular flexibility index (Phi) is 4.62. The van der Waals surface area contributed by atoms with E-state index in [9.17, 15) is 4.79 Å². The molecule has 0 aromatic rings. The molecule has 1 saturated heterocycles. The van der Waals surface area contributed by atoms with E-state index in [0.29, 0.717) is 18.2 Å². The fraction of sp³-hybridized carbons (Fsp3) is 0.700. The van der Waals surface area contributed by atoms with Gasteiger partial charge in [-0.3, -0.25) is 0 Å². The van der Waals surface area contributed by atoms with Crippen LogP contribution < -0.4 is 5.32 Å². The van der Waals surface area contributed by atoms with Gasteiger partial charge in [0.05, 0.1) is 6.10 Å². The largest absolute Gasteiger partial charge is 0.478 e. The molecular formula is C10H17NO3. The highest BCUT2D eigenvalue weighted by molar-refractivity contribution is 5.85. The number of carbonyl (C=O) groups is 1. The van der Waals surface area contributed by atoms with Crippen LogP contribution in [0.5, 0.6) is 0 Å². The Balaban J connectivity index is 2.09. The SMILES string of the molecule is CC(=CCNCC1CCCO1)C(=O)O. The van der Waals surface area contributed by atoms with E-state index in [1.165, 1.54) is 0 Å². The Morgan fingerprint density at radius 2 is 2.50 bits per heavy atom. The molecule has 14 heavy (non-hydrogen) atoms. The lowest BCUT2D eigenvalue weighted by atomic mass is 10.2. The topological polar surface area (TPSA) is 58.6 Å². The van der Waals surface area contributed by atoms with E-state index in [-0.39, 0.29) is 0 Å². The van der Waals surface area contributed by atoms with Crippen LogP contribution in [-0.2, 0) is 9.53 Å². The maximum atomic E-state index is 10.4. The maximum Gasteiger partial charge on any atom is 0.330 e. The molecule has 2 N–H and O–H groups in total. The highest BCUT2D eigenvalue weighted by atomic mass is 16.5. The summed E-state index contributed by atoms with van der Waals surface area (Å²) in [6.45, 7) is 3.85. The minimum atomic E-state index is -0.857. The van der Waals surface area contributed by atoms with Crippen LogP contribution in [0.4, 0.5) is 0 Å². The first-order chi connectivity index (χ1) is 6.70. The number of aliphatic carboxylic acids is 1. The summed E-state index contributed by atoms with van der Waals surface area (Å²) in [5.41, 5.74) is 0.379. The Bertz CT molecular complexity index is 219. The molecule has 0 amide bonds. The summed E-state index contributed by atoms with van der Waals surface area (Å²) >= 11 is 0. The highest BCUT2D eigenvalue weighted by Crippen LogP contribution is 2.10. The smallest absolute Gasteiger partial charge is 0.330 e. The second-order valence-electron chi connectivity index (χ2n) is 3.49. The van der Waals surface area contributed by atoms with Crippen LogP contribution >= 0.6 is 0 Å². The van der Waals surface area contributed by atoms with E-state index in [1.807, 2.05) is 0 Å². The lowest BCUT2D eigenvalue weighted by molar-refractivity contribution is -0.132. The molecule has 4 heteroatoms. The van der Waals surface area contributed by atoms with Gasteiger partial charge in [-0.15, -0.1) is 0 Å². The number of hydrogen-bond acceptors (Lipinski definition) is 3. The average Bonchev–Trinajstić information content (AvgIpc) is 2.64. The number of carboxylic acid groups (broad SMARTS) is 1. The van der Waals surface area contributed by atoms with Gasteiger partial charge in [-0.1, -0.05) is 6.08 Å². The van der Waals surface area contributed by atoms with Gasteiger partial charge in [-0.25, -0.2) is 4.79 Å². The fourth-order valence-corrected chi connectivity index (χ4v) is 1.36. The first-order valence-corrected chi connectivity index (χ1v) is 4.92. The monoisotopic (exact) mass is 199 g/mol. The third-order valence-corrected chi connectivity index (χ3v) is 2.29. The molecule has 1 aliphatic rings. The molecule has 1 fully saturated rings. The zero-order valence-corrected chi connectivity index (χ0v) is 8.45. The van der Waals surface area contributed by atoms with Crippen molar-refractivity contribution in [1.82, 2.24) is 5.32 Å². The van der Waals surface area contributed by atoms with Gasteiger partial charge in [0, 0.05) is 25.3 Å². The van der Waals surface area contributed by atoms with Gasteiger partial charge in [0.25, 0.3) is 0 Å². The van der Waals surface area contributed by atoms with Crippen LogP contribution in [0.3, 0.4) is 0 Å². The number of nitrogens with one attached hydrogen (secondary N) is 1. The maximum absolute atomic E-state index is 10.4. The van der Waals surface area contributed by atoms with Gasteiger partial charge >= 0.3 is 5.97 Å². The number of hydrogen-bond donors (Lipinski definition) is 2. The second kappa shape index (κ2) is 5.78. The molecule has 0 bridgehead atoms. The lowest BCUT2D eigenvalue weighted by Crippen LogP contribution is -2.26. The molecule has 0 saturated carbocycles. The molecule has 4 nitrogen and oxygen atoms in total. The van der Waals surface area contributed by atoms with E-state index in [0.717, 1.165) is 26.0 Å². The standard InChI is InChI=1S/C10H17NO3/c1-8(10(12)13)4-5-11-7-9-3-2-6-14-9/h4,9,11H,2-3,5-7H2,1H3,(H,12,13). The van der Waals surface area contributed by atoms with Crippen molar-refractivity contribution in [3.05, 3.63) is 11.6 Å². The van der Waals surface area contributed by atoms with E-state index in [1.54, 1.807) is 13.0 Å². The van der Waals surface area contributed by atoms with Gasteiger partial charge in [0.1, 0.15) is 0 Å². The van der Waals surface area contributed by atoms with E-state index in [2.05, 4.69) is 5.32 Å². The summed E-state index contributed by atoms with van der Waals surface area (Å²) in [5, 5.41) is 11.7. The molecule has 0 radical (unpaired) electrons. The molecule has 1 aliphatic heterocycles. The van der Waals surface area contributed by atoms with Crippen molar-refractivity contribution in [3.8, 4) is 0 Å². The second-order valence-corrected chi connectivity index (χ2v) is 3.49. The molecule has 0 aromatic carbocycles. The predicted molar refractivity (Wildman–Crippen MR) is 53.2 cm³/mol. The van der Waals surface area contributed by atoms with E-state index >= 15 is 0 Å². The lowest BCUT2D eigenvalue weighted by Gasteiger charge is -2.08. The Hall–Kier alpha value is -0.870. The van der Waals surface area contributed by atoms with Crippen molar-refractivity contribution >= 4 is 5.97 Å². The third-order valence-electron chi connectivity index (χ3n) is 2.29. The van der Waals surface area contributed by atoms with Crippen LogP contribution in [-0.4, -0.2) is 36.9 Å². The summed E-state index contributed by atoms with van der Waals surface area (Å²) < 4.78 is 5.41. The van der Waals surface area contributed by atoms with Crippen molar-refractivity contribution in [2.75, 3.05) is 19.7 Å². The van der Waals surface area contributed by atoms with Crippen molar-refractivity contribution in [2.24, 2.45) is 0 Å². The Morgan fingerprint density at radius 3 is 3.07 bits per heavy atom. The normalized spacial score (nSPS) is 22.6. The molecule has 0 aliphatic carbocycles.